The highest BCUT2D eigenvalue weighted by atomic mass is 16.6. The summed E-state index contributed by atoms with van der Waals surface area (Å²) < 4.78 is 53.3. The zero-order valence-electron chi connectivity index (χ0n) is 58.5. The minimum Gasteiger partial charge on any atom is -0.458 e. The highest BCUT2D eigenvalue weighted by Gasteiger charge is 2.43. The molecule has 23 heteroatoms. The molecule has 88 heavy (non-hydrogen) atoms. The van der Waals surface area contributed by atoms with Crippen LogP contribution in [0.1, 0.15) is 249 Å². The number of unbranched alkanes of at least 4 members (excludes halogenated alkanes) is 1. The average Bonchev–Trinajstić information content (AvgIpc) is 3.24. The van der Waals surface area contributed by atoms with Crippen molar-refractivity contribution in [2.45, 2.75) is 332 Å². The Kier molecular flexibility index (Phi) is 28.8. The Bertz CT molecular complexity index is 2510. The van der Waals surface area contributed by atoms with Crippen LogP contribution in [0, 0.1) is 0 Å². The Labute approximate surface area is 525 Å². The molecule has 0 radical (unpaired) electrons. The van der Waals surface area contributed by atoms with Crippen molar-refractivity contribution in [3.8, 4) is 0 Å². The van der Waals surface area contributed by atoms with Gasteiger partial charge in [-0.3, -0.25) is 0 Å². The molecule has 0 aliphatic rings. The Hall–Kier alpha value is -6.42. The lowest BCUT2D eigenvalue weighted by molar-refractivity contribution is -0.705. The third kappa shape index (κ3) is 35.5. The second-order valence-corrected chi connectivity index (χ2v) is 31.1. The molecular formula is C65H112N5O18+. The van der Waals surface area contributed by atoms with Crippen molar-refractivity contribution in [3.05, 3.63) is 29.1 Å². The fourth-order valence-electron chi connectivity index (χ4n) is 8.26. The predicted octanol–water partition coefficient (Wildman–Crippen LogP) is 11.9. The predicted molar refractivity (Wildman–Crippen MR) is 331 cm³/mol. The first-order chi connectivity index (χ1) is 39.4. The second kappa shape index (κ2) is 31.8. The molecule has 1 heterocycles. The Morgan fingerprint density at radius 2 is 0.693 bits per heavy atom. The van der Waals surface area contributed by atoms with Gasteiger partial charge in [0.15, 0.2) is 11.9 Å². The van der Waals surface area contributed by atoms with Crippen molar-refractivity contribution in [1.82, 2.24) is 20.9 Å². The van der Waals surface area contributed by atoms with Crippen molar-refractivity contribution in [2.75, 3.05) is 0 Å². The highest BCUT2D eigenvalue weighted by molar-refractivity contribution is 5.94. The van der Waals surface area contributed by atoms with Gasteiger partial charge in [-0.05, 0) is 244 Å². The molecule has 0 aliphatic heterocycles. The lowest BCUT2D eigenvalue weighted by Gasteiger charge is -2.33. The van der Waals surface area contributed by atoms with Gasteiger partial charge in [-0.15, -0.1) is 0 Å². The van der Waals surface area contributed by atoms with E-state index in [0.717, 1.165) is 0 Å². The van der Waals surface area contributed by atoms with E-state index in [4.69, 9.17) is 42.6 Å². The number of amides is 5. The number of carbonyl (C=O) groups is 9. The summed E-state index contributed by atoms with van der Waals surface area (Å²) in [5, 5.41) is 8.09. The van der Waals surface area contributed by atoms with Gasteiger partial charge in [0, 0.05) is 24.0 Å². The van der Waals surface area contributed by atoms with E-state index in [-0.39, 0.29) is 57.9 Å². The second-order valence-electron chi connectivity index (χ2n) is 31.1. The van der Waals surface area contributed by atoms with E-state index in [1.165, 1.54) is 0 Å². The van der Waals surface area contributed by atoms with Gasteiger partial charge in [-0.25, -0.2) is 47.7 Å². The van der Waals surface area contributed by atoms with Crippen LogP contribution < -0.4 is 20.5 Å². The minimum absolute atomic E-state index is 0.0182. The number of hydrogen-bond donors (Lipinski definition) is 3. The van der Waals surface area contributed by atoms with Crippen LogP contribution in [-0.2, 0) is 87.6 Å². The first-order valence-electron chi connectivity index (χ1n) is 30.6. The van der Waals surface area contributed by atoms with Gasteiger partial charge in [0.25, 0.3) is 0 Å². The quantitative estimate of drug-likeness (QED) is 0.0397. The summed E-state index contributed by atoms with van der Waals surface area (Å²) in [6, 6.07) is -3.23. The van der Waals surface area contributed by atoms with Gasteiger partial charge in [0.1, 0.15) is 81.1 Å². The molecule has 0 aromatic carbocycles. The number of alkyl carbamates (subject to hydrolysis) is 3. The van der Waals surface area contributed by atoms with Crippen molar-refractivity contribution in [2.24, 2.45) is 0 Å². The number of carbonyl (C=O) groups excluding carboxylic acids is 9. The fraction of sp³-hybridized carbons (Fsp3) is 0.785. The third-order valence-electron chi connectivity index (χ3n) is 11.2. The zero-order valence-corrected chi connectivity index (χ0v) is 58.5. The molecule has 0 saturated heterocycles. The molecule has 504 valence electrons. The summed E-state index contributed by atoms with van der Waals surface area (Å²) in [5.41, 5.74) is -6.81. The monoisotopic (exact) mass is 1250 g/mol. The molecule has 23 nitrogen and oxygen atoms in total. The summed E-state index contributed by atoms with van der Waals surface area (Å²) >= 11 is 0. The number of nitrogens with zero attached hydrogens (tertiary/aromatic N) is 2. The van der Waals surface area contributed by atoms with Gasteiger partial charge < -0.3 is 58.6 Å². The van der Waals surface area contributed by atoms with Crippen molar-refractivity contribution < 1.29 is 90.3 Å². The van der Waals surface area contributed by atoms with Crippen molar-refractivity contribution in [1.29, 1.82) is 0 Å². The Morgan fingerprint density at radius 3 is 1.03 bits per heavy atom. The summed E-state index contributed by atoms with van der Waals surface area (Å²) in [6.07, 6.45) is -1.78. The molecule has 0 fully saturated rings. The number of hydrogen-bond acceptors (Lipinski definition) is 18. The smallest absolute Gasteiger partial charge is 0.420 e. The van der Waals surface area contributed by atoms with Gasteiger partial charge in [0.05, 0.1) is 0 Å². The molecule has 0 bridgehead atoms. The highest BCUT2D eigenvalue weighted by Crippen LogP contribution is 2.26. The van der Waals surface area contributed by atoms with Crippen LogP contribution in [0.2, 0.25) is 0 Å². The number of aryl methyl sites for hydroxylation is 3. The maximum Gasteiger partial charge on any atom is 0.420 e. The molecule has 3 N–H and O–H groups in total. The van der Waals surface area contributed by atoms with Crippen LogP contribution in [0.3, 0.4) is 0 Å². The lowest BCUT2D eigenvalue weighted by Crippen LogP contribution is -2.53. The number of imide groups is 1. The number of pyridine rings is 1. The van der Waals surface area contributed by atoms with Crippen LogP contribution in [0.15, 0.2) is 12.3 Å². The van der Waals surface area contributed by atoms with Gasteiger partial charge in [-0.2, -0.15) is 4.90 Å². The molecule has 5 amide bonds. The average molecular weight is 1250 g/mol. The SMILES string of the molecule is CC(C)(C)OC(=O)N[C@@H](CCCC[n+]1cc(CC[C@H](NC(=O)OC(C)(C)C)C(=O)OC(C)(C)C)cc(CC[C@H](NC(=O)OC(C)(C)C)C(=O)OC(C)(C)C)c1CCC[C@@H](C(=O)OC(C)(C)C)N(C(=O)OC(C)(C)C)C(=O)OC(C)(C)C)C(=O)OC(C)(C)C. The van der Waals surface area contributed by atoms with Crippen molar-refractivity contribution in [3.63, 3.8) is 0 Å². The molecule has 0 spiro atoms. The largest absolute Gasteiger partial charge is 0.458 e. The summed E-state index contributed by atoms with van der Waals surface area (Å²) in [7, 11) is 0. The van der Waals surface area contributed by atoms with E-state index in [1.807, 2.05) is 16.8 Å². The summed E-state index contributed by atoms with van der Waals surface area (Å²) in [4.78, 5) is 125. The topological polar surface area (TPSA) is 280 Å². The van der Waals surface area contributed by atoms with E-state index in [9.17, 15) is 43.2 Å². The Morgan fingerprint density at radius 1 is 0.375 bits per heavy atom. The number of nitrogens with one attached hydrogen (secondary N) is 3. The zero-order chi connectivity index (χ0) is 68.6. The van der Waals surface area contributed by atoms with Crippen LogP contribution in [0.25, 0.3) is 0 Å². The van der Waals surface area contributed by atoms with Gasteiger partial charge >= 0.3 is 54.3 Å². The van der Waals surface area contributed by atoms with Crippen LogP contribution in [0.4, 0.5) is 24.0 Å². The molecule has 4 atom stereocenters. The molecule has 0 unspecified atom stereocenters. The number of rotatable bonds is 23. The molecular weight excluding hydrogens is 1140 g/mol. The third-order valence-corrected chi connectivity index (χ3v) is 11.2. The molecule has 0 aliphatic carbocycles. The normalized spacial score (nSPS) is 14.1. The molecule has 0 saturated carbocycles. The maximum atomic E-state index is 14.4. The van der Waals surface area contributed by atoms with Crippen molar-refractivity contribution >= 4 is 54.3 Å². The van der Waals surface area contributed by atoms with Gasteiger partial charge in [0.2, 0.25) is 0 Å². The summed E-state index contributed by atoms with van der Waals surface area (Å²) in [5.74, 6) is -3.01. The van der Waals surface area contributed by atoms with Crippen LogP contribution >= 0.6 is 0 Å². The first kappa shape index (κ1) is 79.6. The van der Waals surface area contributed by atoms with E-state index in [2.05, 4.69) is 16.0 Å². The fourth-order valence-corrected chi connectivity index (χ4v) is 8.26. The van der Waals surface area contributed by atoms with E-state index >= 15 is 0 Å². The number of esters is 4. The number of aromatic nitrogens is 1. The molecule has 1 aromatic heterocycles. The first-order valence-corrected chi connectivity index (χ1v) is 30.6. The van der Waals surface area contributed by atoms with Gasteiger partial charge in [-0.1, -0.05) is 0 Å². The molecule has 1 aromatic rings. The van der Waals surface area contributed by atoms with Crippen LogP contribution in [0.5, 0.6) is 0 Å². The van der Waals surface area contributed by atoms with E-state index in [0.29, 0.717) is 34.6 Å². The maximum absolute atomic E-state index is 14.4. The standard InChI is InChI=1S/C65H111N5O18/c1-57(2,3)80-48(71)43(66-52(75)84-61(13,14)15)31-28-29-38-69-40-41(34-36-44(49(72)81-58(4,5)6)67-53(76)85-62(16,17)18)39-42(35-37-45(50(73)82-59(7,8)9)68-54(77)86-63(19,20)21)46(69)32-30-33-47(51(74)83-60(10,11)12)70(55(78)87-64(22,23)24)56(79)88-65(25,26)27/h39-40,43-45,47H,28-38H2,1-27H3,(H2-,66,67,68,75,76,77)/p+1/t43-,44-,45-,47-/m0/s1. The van der Waals surface area contributed by atoms with E-state index in [1.54, 1.807) is 187 Å². The Balaban J connectivity index is 4.51. The molecule has 1 rings (SSSR count). The van der Waals surface area contributed by atoms with E-state index < -0.39 is 129 Å². The number of ether oxygens (including phenoxy) is 9. The minimum atomic E-state index is -1.57. The lowest BCUT2D eigenvalue weighted by atomic mass is 9.95. The van der Waals surface area contributed by atoms with Crippen LogP contribution in [-0.4, -0.2) is 134 Å². The summed E-state index contributed by atoms with van der Waals surface area (Å²) in [6.45, 7) is 45.5.